The van der Waals surface area contributed by atoms with Gasteiger partial charge in [-0.15, -0.1) is 11.8 Å². The molecule has 122 valence electrons. The highest BCUT2D eigenvalue weighted by molar-refractivity contribution is 8.00. The fourth-order valence-electron chi connectivity index (χ4n) is 3.41. The van der Waals surface area contributed by atoms with Crippen molar-refractivity contribution in [3.63, 3.8) is 0 Å². The van der Waals surface area contributed by atoms with Gasteiger partial charge in [-0.3, -0.25) is 4.98 Å². The molecule has 2 saturated heterocycles. The maximum atomic E-state index is 13.1. The van der Waals surface area contributed by atoms with Crippen molar-refractivity contribution in [2.24, 2.45) is 0 Å². The Kier molecular flexibility index (Phi) is 3.84. The van der Waals surface area contributed by atoms with E-state index in [1.807, 2.05) is 30.0 Å². The van der Waals surface area contributed by atoms with Crippen molar-refractivity contribution in [3.8, 4) is 0 Å². The van der Waals surface area contributed by atoms with Gasteiger partial charge in [0.05, 0.1) is 10.4 Å². The molecule has 0 atom stereocenters. The summed E-state index contributed by atoms with van der Waals surface area (Å²) in [6.45, 7) is 2.14. The highest BCUT2D eigenvalue weighted by Crippen LogP contribution is 2.38. The Morgan fingerprint density at radius 2 is 1.96 bits per heavy atom. The van der Waals surface area contributed by atoms with E-state index in [2.05, 4.69) is 10.3 Å². The van der Waals surface area contributed by atoms with Crippen molar-refractivity contribution in [1.29, 1.82) is 0 Å². The average molecular weight is 349 g/mol. The van der Waals surface area contributed by atoms with E-state index < -0.39 is 10.0 Å². The zero-order valence-electron chi connectivity index (χ0n) is 12.7. The topological polar surface area (TPSA) is 62.3 Å². The number of fused-ring (bicyclic) bond motifs is 1. The molecule has 1 aromatic heterocycles. The summed E-state index contributed by atoms with van der Waals surface area (Å²) in [5.41, 5.74) is 0.559. The van der Waals surface area contributed by atoms with E-state index in [-0.39, 0.29) is 4.87 Å². The van der Waals surface area contributed by atoms with E-state index in [0.29, 0.717) is 23.5 Å². The number of piperidine rings is 1. The van der Waals surface area contributed by atoms with E-state index in [1.54, 1.807) is 22.6 Å². The van der Waals surface area contributed by atoms with Crippen LogP contribution < -0.4 is 5.32 Å². The molecule has 5 nitrogen and oxygen atoms in total. The summed E-state index contributed by atoms with van der Waals surface area (Å²) in [4.78, 5) is 4.70. The van der Waals surface area contributed by atoms with Gasteiger partial charge >= 0.3 is 0 Å². The van der Waals surface area contributed by atoms with Gasteiger partial charge in [-0.25, -0.2) is 8.42 Å². The molecular formula is C16H19N3O2S2. The second-order valence-electron chi connectivity index (χ2n) is 6.00. The predicted octanol–water partition coefficient (Wildman–Crippen LogP) is 2.05. The van der Waals surface area contributed by atoms with Crippen molar-refractivity contribution in [1.82, 2.24) is 14.6 Å². The lowest BCUT2D eigenvalue weighted by Crippen LogP contribution is -2.49. The fourth-order valence-corrected chi connectivity index (χ4v) is 6.29. The van der Waals surface area contributed by atoms with Crippen LogP contribution in [0.4, 0.5) is 0 Å². The number of hydrogen-bond donors (Lipinski definition) is 1. The van der Waals surface area contributed by atoms with Gasteiger partial charge in [0.2, 0.25) is 10.0 Å². The largest absolute Gasteiger partial charge is 0.302 e. The molecule has 1 N–H and O–H groups in total. The van der Waals surface area contributed by atoms with Crippen LogP contribution in [0.3, 0.4) is 0 Å². The molecule has 7 heteroatoms. The summed E-state index contributed by atoms with van der Waals surface area (Å²) >= 11 is 1.93. The van der Waals surface area contributed by atoms with Crippen molar-refractivity contribution < 1.29 is 8.42 Å². The summed E-state index contributed by atoms with van der Waals surface area (Å²) in [6, 6.07) is 9.07. The maximum absolute atomic E-state index is 13.1. The van der Waals surface area contributed by atoms with Gasteiger partial charge in [-0.1, -0.05) is 18.2 Å². The van der Waals surface area contributed by atoms with Crippen LogP contribution in [-0.4, -0.2) is 48.0 Å². The molecule has 23 heavy (non-hydrogen) atoms. The molecule has 0 unspecified atom stereocenters. The van der Waals surface area contributed by atoms with Gasteiger partial charge in [-0.05, 0) is 25.0 Å². The molecule has 0 radical (unpaired) electrons. The lowest BCUT2D eigenvalue weighted by Gasteiger charge is -2.38. The van der Waals surface area contributed by atoms with Crippen molar-refractivity contribution in [3.05, 3.63) is 36.5 Å². The Hall–Kier alpha value is -1.15. The Morgan fingerprint density at radius 3 is 2.70 bits per heavy atom. The Labute approximate surface area is 140 Å². The average Bonchev–Trinajstić information content (AvgIpc) is 3.03. The minimum absolute atomic E-state index is 0.0863. The molecule has 3 heterocycles. The van der Waals surface area contributed by atoms with Crippen LogP contribution >= 0.6 is 11.8 Å². The third-order valence-electron chi connectivity index (χ3n) is 4.67. The number of thioether (sulfide) groups is 1. The highest BCUT2D eigenvalue weighted by Gasteiger charge is 2.41. The molecule has 0 amide bonds. The fraction of sp³-hybridized carbons (Fsp3) is 0.438. The van der Waals surface area contributed by atoms with Crippen LogP contribution in [0.5, 0.6) is 0 Å². The number of pyridine rings is 1. The lowest BCUT2D eigenvalue weighted by atomic mass is 10.1. The summed E-state index contributed by atoms with van der Waals surface area (Å²) in [6.07, 6.45) is 3.36. The van der Waals surface area contributed by atoms with Crippen molar-refractivity contribution in [2.75, 3.05) is 25.4 Å². The zero-order chi connectivity index (χ0) is 15.9. The van der Waals surface area contributed by atoms with Gasteiger partial charge in [0.25, 0.3) is 0 Å². The standard InChI is InChI=1S/C16H19N3O2S2/c20-23(21,14-5-1-3-13-4-2-8-17-15(13)14)19-10-6-16(7-11-19)18-9-12-22-16/h1-5,8,18H,6-7,9-12H2. The van der Waals surface area contributed by atoms with Crippen LogP contribution in [0.15, 0.2) is 41.4 Å². The normalized spacial score (nSPS) is 21.9. The van der Waals surface area contributed by atoms with E-state index in [1.165, 1.54) is 0 Å². The van der Waals surface area contributed by atoms with Crippen LogP contribution in [-0.2, 0) is 10.0 Å². The van der Waals surface area contributed by atoms with Crippen LogP contribution in [0.2, 0.25) is 0 Å². The molecule has 0 saturated carbocycles. The number of sulfonamides is 1. The molecule has 2 fully saturated rings. The first kappa shape index (κ1) is 15.4. The molecule has 2 aromatic rings. The summed E-state index contributed by atoms with van der Waals surface area (Å²) < 4.78 is 27.7. The van der Waals surface area contributed by atoms with Gasteiger partial charge in [0.15, 0.2) is 0 Å². The van der Waals surface area contributed by atoms with E-state index in [4.69, 9.17) is 0 Å². The number of nitrogens with zero attached hydrogens (tertiary/aromatic N) is 2. The van der Waals surface area contributed by atoms with Gasteiger partial charge in [0, 0.05) is 37.0 Å². The Bertz CT molecular complexity index is 817. The SMILES string of the molecule is O=S(=O)(c1cccc2cccnc12)N1CCC2(CC1)NCCS2. The number of hydrogen-bond acceptors (Lipinski definition) is 5. The van der Waals surface area contributed by atoms with Gasteiger partial charge < -0.3 is 5.32 Å². The maximum Gasteiger partial charge on any atom is 0.245 e. The van der Waals surface area contributed by atoms with E-state index in [0.717, 1.165) is 30.5 Å². The molecular weight excluding hydrogens is 330 g/mol. The second kappa shape index (κ2) is 5.73. The summed E-state index contributed by atoms with van der Waals surface area (Å²) in [5, 5.41) is 4.40. The minimum Gasteiger partial charge on any atom is -0.302 e. The number of rotatable bonds is 2. The molecule has 1 spiro atoms. The summed E-state index contributed by atoms with van der Waals surface area (Å²) in [5.74, 6) is 1.11. The Balaban J connectivity index is 1.65. The molecule has 1 aromatic carbocycles. The number of nitrogens with one attached hydrogen (secondary N) is 1. The summed E-state index contributed by atoms with van der Waals surface area (Å²) in [7, 11) is -3.50. The smallest absolute Gasteiger partial charge is 0.245 e. The van der Waals surface area contributed by atoms with Gasteiger partial charge in [-0.2, -0.15) is 4.31 Å². The highest BCUT2D eigenvalue weighted by atomic mass is 32.2. The predicted molar refractivity (Wildman–Crippen MR) is 92.9 cm³/mol. The first-order valence-electron chi connectivity index (χ1n) is 7.84. The molecule has 4 rings (SSSR count). The third kappa shape index (κ3) is 2.65. The molecule has 2 aliphatic heterocycles. The monoisotopic (exact) mass is 349 g/mol. The lowest BCUT2D eigenvalue weighted by molar-refractivity contribution is 0.277. The molecule has 0 aliphatic carbocycles. The van der Waals surface area contributed by atoms with Crippen LogP contribution in [0, 0.1) is 0 Å². The second-order valence-corrected chi connectivity index (χ2v) is 9.39. The van der Waals surface area contributed by atoms with Crippen molar-refractivity contribution >= 4 is 32.7 Å². The zero-order valence-corrected chi connectivity index (χ0v) is 14.4. The van der Waals surface area contributed by atoms with Gasteiger partial charge in [0.1, 0.15) is 4.90 Å². The first-order chi connectivity index (χ1) is 11.1. The third-order valence-corrected chi connectivity index (χ3v) is 8.11. The number of benzene rings is 1. The Morgan fingerprint density at radius 1 is 1.17 bits per heavy atom. The minimum atomic E-state index is -3.50. The van der Waals surface area contributed by atoms with E-state index in [9.17, 15) is 8.42 Å². The quantitative estimate of drug-likeness (QED) is 0.899. The number of para-hydroxylation sites is 1. The first-order valence-corrected chi connectivity index (χ1v) is 10.3. The number of aromatic nitrogens is 1. The molecule has 2 aliphatic rings. The molecule has 0 bridgehead atoms. The van der Waals surface area contributed by atoms with Crippen molar-refractivity contribution in [2.45, 2.75) is 22.6 Å². The van der Waals surface area contributed by atoms with Crippen LogP contribution in [0.25, 0.3) is 10.9 Å². The van der Waals surface area contributed by atoms with Crippen LogP contribution in [0.1, 0.15) is 12.8 Å². The van der Waals surface area contributed by atoms with E-state index >= 15 is 0 Å².